The van der Waals surface area contributed by atoms with E-state index in [0.29, 0.717) is 24.5 Å². The van der Waals surface area contributed by atoms with Crippen LogP contribution in [0.2, 0.25) is 0 Å². The van der Waals surface area contributed by atoms with Gasteiger partial charge in [-0.15, -0.1) is 0 Å². The van der Waals surface area contributed by atoms with Gasteiger partial charge in [0.15, 0.2) is 5.78 Å². The van der Waals surface area contributed by atoms with Crippen LogP contribution in [0.3, 0.4) is 0 Å². The Labute approximate surface area is 95.4 Å². The third kappa shape index (κ3) is 2.03. The first-order chi connectivity index (χ1) is 7.72. The van der Waals surface area contributed by atoms with Crippen LogP contribution in [0, 0.1) is 0 Å². The van der Waals surface area contributed by atoms with Gasteiger partial charge in [-0.05, 0) is 25.5 Å². The van der Waals surface area contributed by atoms with Crippen LogP contribution in [0.15, 0.2) is 12.1 Å². The molecule has 1 aromatic carbocycles. The number of fused-ring (bicyclic) bond motifs is 1. The predicted octanol–water partition coefficient (Wildman–Crippen LogP) is 2.61. The van der Waals surface area contributed by atoms with Gasteiger partial charge >= 0.3 is 0 Å². The van der Waals surface area contributed by atoms with Gasteiger partial charge in [-0.1, -0.05) is 6.92 Å². The lowest BCUT2D eigenvalue weighted by molar-refractivity contribution is 0.101. The van der Waals surface area contributed by atoms with E-state index in [4.69, 9.17) is 9.47 Å². The van der Waals surface area contributed by atoms with Crippen LogP contribution in [0.25, 0.3) is 0 Å². The number of Topliss-reactive ketones (excluding diaryl/α,β-unsaturated/α-hetero) is 1. The van der Waals surface area contributed by atoms with E-state index in [-0.39, 0.29) is 5.78 Å². The SMILES string of the molecule is CCCOc1cc2c(cc1C(C)=O)OCC2. The molecule has 0 saturated carbocycles. The third-order valence-corrected chi connectivity index (χ3v) is 2.63. The van der Waals surface area contributed by atoms with Gasteiger partial charge in [0.2, 0.25) is 0 Å². The molecule has 0 atom stereocenters. The molecule has 0 saturated heterocycles. The average molecular weight is 220 g/mol. The van der Waals surface area contributed by atoms with Crippen molar-refractivity contribution in [1.82, 2.24) is 0 Å². The van der Waals surface area contributed by atoms with Crippen molar-refractivity contribution < 1.29 is 14.3 Å². The highest BCUT2D eigenvalue weighted by Crippen LogP contribution is 2.33. The van der Waals surface area contributed by atoms with Crippen molar-refractivity contribution in [3.63, 3.8) is 0 Å². The van der Waals surface area contributed by atoms with Gasteiger partial charge in [0, 0.05) is 12.0 Å². The molecule has 2 rings (SSSR count). The Bertz CT molecular complexity index is 410. The van der Waals surface area contributed by atoms with Crippen LogP contribution >= 0.6 is 0 Å². The van der Waals surface area contributed by atoms with E-state index in [1.54, 1.807) is 13.0 Å². The number of hydrogen-bond acceptors (Lipinski definition) is 3. The molecular weight excluding hydrogens is 204 g/mol. The van der Waals surface area contributed by atoms with E-state index < -0.39 is 0 Å². The number of carbonyl (C=O) groups is 1. The van der Waals surface area contributed by atoms with Gasteiger partial charge < -0.3 is 9.47 Å². The summed E-state index contributed by atoms with van der Waals surface area (Å²) in [6.45, 7) is 4.93. The van der Waals surface area contributed by atoms with Gasteiger partial charge in [-0.25, -0.2) is 0 Å². The van der Waals surface area contributed by atoms with E-state index >= 15 is 0 Å². The fourth-order valence-corrected chi connectivity index (χ4v) is 1.81. The molecule has 0 aromatic heterocycles. The lowest BCUT2D eigenvalue weighted by Gasteiger charge is -2.10. The van der Waals surface area contributed by atoms with Crippen LogP contribution in [-0.4, -0.2) is 19.0 Å². The summed E-state index contributed by atoms with van der Waals surface area (Å²) in [4.78, 5) is 11.5. The zero-order chi connectivity index (χ0) is 11.5. The molecular formula is C13H16O3. The highest BCUT2D eigenvalue weighted by Gasteiger charge is 2.18. The largest absolute Gasteiger partial charge is 0.493 e. The van der Waals surface area contributed by atoms with Crippen LogP contribution in [0.4, 0.5) is 0 Å². The second kappa shape index (κ2) is 4.56. The van der Waals surface area contributed by atoms with Gasteiger partial charge in [0.05, 0.1) is 18.8 Å². The van der Waals surface area contributed by atoms with E-state index in [2.05, 4.69) is 0 Å². The Morgan fingerprint density at radius 3 is 3.00 bits per heavy atom. The molecule has 1 aliphatic rings. The number of rotatable bonds is 4. The lowest BCUT2D eigenvalue weighted by atomic mass is 10.1. The van der Waals surface area contributed by atoms with E-state index in [0.717, 1.165) is 24.2 Å². The van der Waals surface area contributed by atoms with Gasteiger partial charge in [-0.3, -0.25) is 4.79 Å². The summed E-state index contributed by atoms with van der Waals surface area (Å²) in [6, 6.07) is 3.74. The molecule has 86 valence electrons. The molecule has 0 bridgehead atoms. The molecule has 0 radical (unpaired) electrons. The summed E-state index contributed by atoms with van der Waals surface area (Å²) in [5.74, 6) is 1.54. The quantitative estimate of drug-likeness (QED) is 0.732. The number of hydrogen-bond donors (Lipinski definition) is 0. The molecule has 16 heavy (non-hydrogen) atoms. The maximum Gasteiger partial charge on any atom is 0.163 e. The molecule has 1 aliphatic heterocycles. The summed E-state index contributed by atoms with van der Waals surface area (Å²) in [7, 11) is 0. The van der Waals surface area contributed by atoms with Crippen molar-refractivity contribution in [2.24, 2.45) is 0 Å². The molecule has 1 aromatic rings. The molecule has 3 nitrogen and oxygen atoms in total. The molecule has 0 amide bonds. The summed E-state index contributed by atoms with van der Waals surface area (Å²) in [5.41, 5.74) is 1.75. The minimum absolute atomic E-state index is 0.0180. The zero-order valence-corrected chi connectivity index (χ0v) is 9.71. The van der Waals surface area contributed by atoms with Crippen molar-refractivity contribution >= 4 is 5.78 Å². The third-order valence-electron chi connectivity index (χ3n) is 2.63. The first kappa shape index (κ1) is 11.0. The van der Waals surface area contributed by atoms with Gasteiger partial charge in [-0.2, -0.15) is 0 Å². The summed E-state index contributed by atoms with van der Waals surface area (Å²) in [5, 5.41) is 0. The Balaban J connectivity index is 2.36. The number of ether oxygens (including phenoxy) is 2. The maximum atomic E-state index is 11.5. The normalized spacial score (nSPS) is 13.1. The predicted molar refractivity (Wildman–Crippen MR) is 61.4 cm³/mol. The monoisotopic (exact) mass is 220 g/mol. The molecule has 0 unspecified atom stereocenters. The highest BCUT2D eigenvalue weighted by atomic mass is 16.5. The molecule has 1 heterocycles. The minimum Gasteiger partial charge on any atom is -0.493 e. The maximum absolute atomic E-state index is 11.5. The Morgan fingerprint density at radius 2 is 2.31 bits per heavy atom. The topological polar surface area (TPSA) is 35.5 Å². The van der Waals surface area contributed by atoms with Crippen molar-refractivity contribution in [3.8, 4) is 11.5 Å². The fraction of sp³-hybridized carbons (Fsp3) is 0.462. The molecule has 0 aliphatic carbocycles. The number of carbonyl (C=O) groups excluding carboxylic acids is 1. The summed E-state index contributed by atoms with van der Waals surface area (Å²) in [6.07, 6.45) is 1.83. The van der Waals surface area contributed by atoms with E-state index in [1.165, 1.54) is 0 Å². The van der Waals surface area contributed by atoms with Crippen LogP contribution < -0.4 is 9.47 Å². The Hall–Kier alpha value is -1.51. The Kier molecular flexibility index (Phi) is 3.13. The first-order valence-corrected chi connectivity index (χ1v) is 5.66. The zero-order valence-electron chi connectivity index (χ0n) is 9.71. The smallest absolute Gasteiger partial charge is 0.163 e. The van der Waals surface area contributed by atoms with Crippen LogP contribution in [0.1, 0.15) is 36.2 Å². The second-order valence-corrected chi connectivity index (χ2v) is 3.96. The average Bonchev–Trinajstić information content (AvgIpc) is 2.71. The number of benzene rings is 1. The number of ketones is 1. The molecule has 0 spiro atoms. The van der Waals surface area contributed by atoms with Crippen molar-refractivity contribution in [1.29, 1.82) is 0 Å². The van der Waals surface area contributed by atoms with Gasteiger partial charge in [0.1, 0.15) is 11.5 Å². The second-order valence-electron chi connectivity index (χ2n) is 3.96. The Morgan fingerprint density at radius 1 is 1.50 bits per heavy atom. The van der Waals surface area contributed by atoms with E-state index in [9.17, 15) is 4.79 Å². The summed E-state index contributed by atoms with van der Waals surface area (Å²) >= 11 is 0. The standard InChI is InChI=1S/C13H16O3/c1-3-5-15-13-7-10-4-6-16-12(10)8-11(13)9(2)14/h7-8H,3-6H2,1-2H3. The van der Waals surface area contributed by atoms with Crippen molar-refractivity contribution in [3.05, 3.63) is 23.3 Å². The van der Waals surface area contributed by atoms with E-state index in [1.807, 2.05) is 13.0 Å². The molecule has 0 N–H and O–H groups in total. The highest BCUT2D eigenvalue weighted by molar-refractivity contribution is 5.97. The van der Waals surface area contributed by atoms with Crippen LogP contribution in [-0.2, 0) is 6.42 Å². The van der Waals surface area contributed by atoms with Gasteiger partial charge in [0.25, 0.3) is 0 Å². The fourth-order valence-electron chi connectivity index (χ4n) is 1.81. The first-order valence-electron chi connectivity index (χ1n) is 5.66. The molecule has 0 fully saturated rings. The molecule has 3 heteroatoms. The van der Waals surface area contributed by atoms with Crippen molar-refractivity contribution in [2.45, 2.75) is 26.7 Å². The van der Waals surface area contributed by atoms with Crippen LogP contribution in [0.5, 0.6) is 11.5 Å². The minimum atomic E-state index is 0.0180. The lowest BCUT2D eigenvalue weighted by Crippen LogP contribution is -2.02. The van der Waals surface area contributed by atoms with Crippen molar-refractivity contribution in [2.75, 3.05) is 13.2 Å². The summed E-state index contributed by atoms with van der Waals surface area (Å²) < 4.78 is 11.0.